The molecule has 1 N–H and O–H groups in total. The van der Waals surface area contributed by atoms with E-state index in [1.165, 1.54) is 25.7 Å². The highest BCUT2D eigenvalue weighted by Gasteiger charge is 2.25. The van der Waals surface area contributed by atoms with Crippen LogP contribution in [0.25, 0.3) is 0 Å². The summed E-state index contributed by atoms with van der Waals surface area (Å²) >= 11 is 0. The molecule has 0 heterocycles. The average Bonchev–Trinajstić information content (AvgIpc) is 2.75. The minimum Gasteiger partial charge on any atom is -0.368 e. The molecule has 0 spiro atoms. The molecule has 0 saturated heterocycles. The zero-order chi connectivity index (χ0) is 12.7. The van der Waals surface area contributed by atoms with Crippen molar-refractivity contribution in [2.75, 3.05) is 6.61 Å². The van der Waals surface area contributed by atoms with Crippen LogP contribution in [0.15, 0.2) is 0 Å². The monoisotopic (exact) mass is 241 g/mol. The summed E-state index contributed by atoms with van der Waals surface area (Å²) in [6.45, 7) is 6.74. The molecule has 1 aliphatic rings. The molecule has 1 rings (SSSR count). The van der Waals surface area contributed by atoms with Crippen molar-refractivity contribution in [1.82, 2.24) is 5.32 Å². The van der Waals surface area contributed by atoms with E-state index in [0.29, 0.717) is 12.5 Å². The predicted molar refractivity (Wildman–Crippen MR) is 69.9 cm³/mol. The van der Waals surface area contributed by atoms with Crippen molar-refractivity contribution in [3.05, 3.63) is 0 Å². The first-order valence-electron chi connectivity index (χ1n) is 7.05. The Morgan fingerprint density at radius 2 is 2.00 bits per heavy atom. The quantitative estimate of drug-likeness (QED) is 0.744. The summed E-state index contributed by atoms with van der Waals surface area (Å²) in [5, 5.41) is 2.96. The Labute approximate surface area is 105 Å². The maximum absolute atomic E-state index is 12.0. The lowest BCUT2D eigenvalue weighted by atomic mass is 9.99. The second-order valence-electron chi connectivity index (χ2n) is 5.41. The number of hydrogen-bond donors (Lipinski definition) is 1. The number of hydrogen-bond acceptors (Lipinski definition) is 2. The van der Waals surface area contributed by atoms with E-state index in [9.17, 15) is 4.79 Å². The molecule has 0 bridgehead atoms. The Kier molecular flexibility index (Phi) is 6.56. The molecule has 1 unspecified atom stereocenters. The Balaban J connectivity index is 2.43. The smallest absolute Gasteiger partial charge is 0.249 e. The van der Waals surface area contributed by atoms with Gasteiger partial charge in [-0.25, -0.2) is 0 Å². The standard InChI is InChI=1S/C14H27NO2/c1-4-9-17-13(14(16)15-11(2)3)10-12-7-5-6-8-12/h11-13H,4-10H2,1-3H3,(H,15,16). The van der Waals surface area contributed by atoms with Gasteiger partial charge in [0.05, 0.1) is 0 Å². The third kappa shape index (κ3) is 5.53. The van der Waals surface area contributed by atoms with Crippen LogP contribution in [0.3, 0.4) is 0 Å². The minimum atomic E-state index is -0.236. The topological polar surface area (TPSA) is 38.3 Å². The molecule has 1 atom stereocenters. The fourth-order valence-electron chi connectivity index (χ4n) is 2.44. The SMILES string of the molecule is CCCOC(CC1CCCC1)C(=O)NC(C)C. The molecule has 1 saturated carbocycles. The van der Waals surface area contributed by atoms with Gasteiger partial charge in [0.2, 0.25) is 5.91 Å². The Hall–Kier alpha value is -0.570. The van der Waals surface area contributed by atoms with Gasteiger partial charge in [0.25, 0.3) is 0 Å². The summed E-state index contributed by atoms with van der Waals surface area (Å²) in [4.78, 5) is 12.0. The van der Waals surface area contributed by atoms with Crippen LogP contribution in [-0.4, -0.2) is 24.7 Å². The summed E-state index contributed by atoms with van der Waals surface area (Å²) < 4.78 is 5.70. The fraction of sp³-hybridized carbons (Fsp3) is 0.929. The molecule has 3 heteroatoms. The van der Waals surface area contributed by atoms with Crippen LogP contribution in [0.2, 0.25) is 0 Å². The molecule has 1 fully saturated rings. The van der Waals surface area contributed by atoms with E-state index in [1.807, 2.05) is 13.8 Å². The first-order valence-corrected chi connectivity index (χ1v) is 7.05. The van der Waals surface area contributed by atoms with Crippen LogP contribution in [0.1, 0.15) is 59.3 Å². The van der Waals surface area contributed by atoms with Gasteiger partial charge in [-0.05, 0) is 32.6 Å². The first kappa shape index (κ1) is 14.5. The van der Waals surface area contributed by atoms with E-state index in [2.05, 4.69) is 12.2 Å². The van der Waals surface area contributed by atoms with E-state index < -0.39 is 0 Å². The zero-order valence-electron chi connectivity index (χ0n) is 11.5. The van der Waals surface area contributed by atoms with Gasteiger partial charge < -0.3 is 10.1 Å². The molecule has 3 nitrogen and oxygen atoms in total. The Bertz CT molecular complexity index is 222. The van der Waals surface area contributed by atoms with Crippen LogP contribution in [0.5, 0.6) is 0 Å². The number of ether oxygens (including phenoxy) is 1. The molecule has 0 aromatic carbocycles. The van der Waals surface area contributed by atoms with Gasteiger partial charge >= 0.3 is 0 Å². The van der Waals surface area contributed by atoms with Crippen LogP contribution in [-0.2, 0) is 9.53 Å². The van der Waals surface area contributed by atoms with Crippen molar-refractivity contribution < 1.29 is 9.53 Å². The maximum atomic E-state index is 12.0. The van der Waals surface area contributed by atoms with Crippen LogP contribution in [0.4, 0.5) is 0 Å². The third-order valence-electron chi connectivity index (χ3n) is 3.27. The van der Waals surface area contributed by atoms with Gasteiger partial charge in [0.1, 0.15) is 6.10 Å². The van der Waals surface area contributed by atoms with Gasteiger partial charge in [-0.1, -0.05) is 32.6 Å². The number of rotatable bonds is 7. The van der Waals surface area contributed by atoms with E-state index >= 15 is 0 Å². The molecule has 0 aliphatic heterocycles. The van der Waals surface area contributed by atoms with Crippen LogP contribution < -0.4 is 5.32 Å². The average molecular weight is 241 g/mol. The van der Waals surface area contributed by atoms with Crippen LogP contribution >= 0.6 is 0 Å². The third-order valence-corrected chi connectivity index (χ3v) is 3.27. The molecule has 1 amide bonds. The summed E-state index contributed by atoms with van der Waals surface area (Å²) in [5.74, 6) is 0.759. The molecule has 100 valence electrons. The first-order chi connectivity index (χ1) is 8.13. The summed E-state index contributed by atoms with van der Waals surface area (Å²) in [7, 11) is 0. The lowest BCUT2D eigenvalue weighted by molar-refractivity contribution is -0.134. The zero-order valence-corrected chi connectivity index (χ0v) is 11.5. The second-order valence-corrected chi connectivity index (χ2v) is 5.41. The highest BCUT2D eigenvalue weighted by atomic mass is 16.5. The van der Waals surface area contributed by atoms with Gasteiger partial charge in [-0.3, -0.25) is 4.79 Å². The van der Waals surface area contributed by atoms with E-state index in [0.717, 1.165) is 12.8 Å². The summed E-state index contributed by atoms with van der Waals surface area (Å²) in [5.41, 5.74) is 0. The largest absolute Gasteiger partial charge is 0.368 e. The van der Waals surface area contributed by atoms with Crippen molar-refractivity contribution in [1.29, 1.82) is 0 Å². The van der Waals surface area contributed by atoms with E-state index in [1.54, 1.807) is 0 Å². The van der Waals surface area contributed by atoms with Crippen molar-refractivity contribution in [2.24, 2.45) is 5.92 Å². The van der Waals surface area contributed by atoms with E-state index in [-0.39, 0.29) is 18.1 Å². The highest BCUT2D eigenvalue weighted by Crippen LogP contribution is 2.29. The Morgan fingerprint density at radius 3 is 2.53 bits per heavy atom. The lowest BCUT2D eigenvalue weighted by Gasteiger charge is -2.21. The van der Waals surface area contributed by atoms with Gasteiger partial charge in [-0.2, -0.15) is 0 Å². The normalized spacial score (nSPS) is 18.6. The van der Waals surface area contributed by atoms with Gasteiger partial charge in [-0.15, -0.1) is 0 Å². The van der Waals surface area contributed by atoms with Crippen molar-refractivity contribution in [3.8, 4) is 0 Å². The Morgan fingerprint density at radius 1 is 1.35 bits per heavy atom. The van der Waals surface area contributed by atoms with Crippen molar-refractivity contribution >= 4 is 5.91 Å². The van der Waals surface area contributed by atoms with Crippen LogP contribution in [0, 0.1) is 5.92 Å². The molecule has 0 radical (unpaired) electrons. The maximum Gasteiger partial charge on any atom is 0.249 e. The predicted octanol–water partition coefficient (Wildman–Crippen LogP) is 2.89. The molecule has 17 heavy (non-hydrogen) atoms. The molecular formula is C14H27NO2. The summed E-state index contributed by atoms with van der Waals surface area (Å²) in [6.07, 6.45) is 6.80. The molecule has 0 aromatic heterocycles. The van der Waals surface area contributed by atoms with Crippen molar-refractivity contribution in [3.63, 3.8) is 0 Å². The van der Waals surface area contributed by atoms with Crippen molar-refractivity contribution in [2.45, 2.75) is 71.4 Å². The lowest BCUT2D eigenvalue weighted by Crippen LogP contribution is -2.41. The molecule has 0 aromatic rings. The van der Waals surface area contributed by atoms with E-state index in [4.69, 9.17) is 4.74 Å². The summed E-state index contributed by atoms with van der Waals surface area (Å²) in [6, 6.07) is 0.193. The second kappa shape index (κ2) is 7.70. The number of carbonyl (C=O) groups is 1. The fourth-order valence-corrected chi connectivity index (χ4v) is 2.44. The minimum absolute atomic E-state index is 0.0698. The number of amides is 1. The molecular weight excluding hydrogens is 214 g/mol. The highest BCUT2D eigenvalue weighted by molar-refractivity contribution is 5.81. The van der Waals surface area contributed by atoms with Gasteiger partial charge in [0, 0.05) is 12.6 Å². The number of nitrogens with one attached hydrogen (secondary N) is 1. The molecule has 1 aliphatic carbocycles. The number of carbonyl (C=O) groups excluding carboxylic acids is 1. The van der Waals surface area contributed by atoms with Gasteiger partial charge in [0.15, 0.2) is 0 Å².